The number of aromatic nitrogens is 2. The highest BCUT2D eigenvalue weighted by molar-refractivity contribution is 6.00. The topological polar surface area (TPSA) is 92.2 Å². The smallest absolute Gasteiger partial charge is 0.337 e. The fraction of sp³-hybridized carbons (Fsp3) is 0.308. The van der Waals surface area contributed by atoms with Crippen molar-refractivity contribution in [3.05, 3.63) is 44.5 Å². The van der Waals surface area contributed by atoms with Gasteiger partial charge in [0.2, 0.25) is 0 Å². The van der Waals surface area contributed by atoms with Gasteiger partial charge in [0.05, 0.1) is 16.6 Å². The van der Waals surface area contributed by atoms with Crippen LogP contribution in [0, 0.1) is 0 Å². The second kappa shape index (κ2) is 4.72. The fourth-order valence-corrected chi connectivity index (χ4v) is 2.07. The molecule has 2 aromatic rings. The van der Waals surface area contributed by atoms with Gasteiger partial charge >= 0.3 is 17.1 Å². The summed E-state index contributed by atoms with van der Waals surface area (Å²) < 4.78 is 1.26. The number of para-hydroxylation sites is 1. The van der Waals surface area contributed by atoms with Crippen molar-refractivity contribution < 1.29 is 9.90 Å². The van der Waals surface area contributed by atoms with E-state index in [-0.39, 0.29) is 17.1 Å². The number of nitrogens with one attached hydrogen (secondary N) is 1. The van der Waals surface area contributed by atoms with Gasteiger partial charge in [-0.15, -0.1) is 0 Å². The lowest BCUT2D eigenvalue weighted by atomic mass is 10.1. The molecule has 6 heteroatoms. The third kappa shape index (κ3) is 2.05. The molecule has 1 atom stereocenters. The highest BCUT2D eigenvalue weighted by Crippen LogP contribution is 2.19. The van der Waals surface area contributed by atoms with Crippen LogP contribution in [0.5, 0.6) is 0 Å². The second-order valence-electron chi connectivity index (χ2n) is 4.39. The van der Waals surface area contributed by atoms with Crippen LogP contribution in [0.15, 0.2) is 27.8 Å². The Morgan fingerprint density at radius 1 is 1.42 bits per heavy atom. The monoisotopic (exact) mass is 262 g/mol. The van der Waals surface area contributed by atoms with Crippen LogP contribution in [-0.2, 0) is 0 Å². The van der Waals surface area contributed by atoms with Crippen molar-refractivity contribution in [3.8, 4) is 0 Å². The summed E-state index contributed by atoms with van der Waals surface area (Å²) in [6.45, 7) is 3.65. The molecule has 1 aromatic heterocycles. The molecule has 6 nitrogen and oxygen atoms in total. The predicted octanol–water partition coefficient (Wildman–Crippen LogP) is 1.36. The number of hydrogen-bond donors (Lipinski definition) is 2. The molecule has 0 saturated heterocycles. The molecule has 0 radical (unpaired) electrons. The molecule has 0 spiro atoms. The molecular weight excluding hydrogens is 248 g/mol. The molecule has 0 fully saturated rings. The zero-order valence-corrected chi connectivity index (χ0v) is 10.6. The number of carboxylic acid groups (broad SMARTS) is 1. The summed E-state index contributed by atoms with van der Waals surface area (Å²) in [5, 5.41) is 9.21. The lowest BCUT2D eigenvalue weighted by Gasteiger charge is -2.16. The zero-order valence-electron chi connectivity index (χ0n) is 10.6. The first-order valence-corrected chi connectivity index (χ1v) is 5.98. The average Bonchev–Trinajstić information content (AvgIpc) is 2.38. The highest BCUT2D eigenvalue weighted by atomic mass is 16.4. The van der Waals surface area contributed by atoms with E-state index in [0.29, 0.717) is 11.9 Å². The molecule has 19 heavy (non-hydrogen) atoms. The van der Waals surface area contributed by atoms with Crippen LogP contribution in [0.3, 0.4) is 0 Å². The van der Waals surface area contributed by atoms with Gasteiger partial charge in [-0.3, -0.25) is 14.2 Å². The lowest BCUT2D eigenvalue weighted by molar-refractivity contribution is 0.0698. The number of nitrogens with zero attached hydrogens (tertiary/aromatic N) is 1. The van der Waals surface area contributed by atoms with E-state index in [2.05, 4.69) is 4.98 Å². The van der Waals surface area contributed by atoms with Crippen molar-refractivity contribution >= 4 is 17.0 Å². The van der Waals surface area contributed by atoms with Gasteiger partial charge in [0, 0.05) is 6.04 Å². The summed E-state index contributed by atoms with van der Waals surface area (Å²) in [7, 11) is 0. The Balaban J connectivity index is 3.05. The number of aromatic carboxylic acids is 1. The Hall–Kier alpha value is -2.37. The average molecular weight is 262 g/mol. The Morgan fingerprint density at radius 2 is 2.11 bits per heavy atom. The first-order valence-electron chi connectivity index (χ1n) is 5.98. The SMILES string of the molecule is CCC(C)n1c(=O)c(=O)[nH]c2cccc(C(=O)O)c21. The normalized spacial score (nSPS) is 12.5. The van der Waals surface area contributed by atoms with E-state index in [9.17, 15) is 19.5 Å². The predicted molar refractivity (Wildman–Crippen MR) is 70.8 cm³/mol. The molecule has 1 heterocycles. The molecule has 2 N–H and O–H groups in total. The van der Waals surface area contributed by atoms with Gasteiger partial charge < -0.3 is 10.1 Å². The molecule has 0 aliphatic carbocycles. The quantitative estimate of drug-likeness (QED) is 0.817. The van der Waals surface area contributed by atoms with Gasteiger partial charge in [-0.2, -0.15) is 0 Å². The third-order valence-electron chi connectivity index (χ3n) is 3.20. The first kappa shape index (κ1) is 13.1. The maximum Gasteiger partial charge on any atom is 0.337 e. The zero-order chi connectivity index (χ0) is 14.2. The van der Waals surface area contributed by atoms with Crippen molar-refractivity contribution in [1.29, 1.82) is 0 Å². The summed E-state index contributed by atoms with van der Waals surface area (Å²) in [6.07, 6.45) is 0.617. The van der Waals surface area contributed by atoms with Gasteiger partial charge in [-0.05, 0) is 25.5 Å². The summed E-state index contributed by atoms with van der Waals surface area (Å²) in [5.74, 6) is -1.13. The minimum atomic E-state index is -1.13. The molecule has 1 aromatic carbocycles. The van der Waals surface area contributed by atoms with E-state index >= 15 is 0 Å². The number of hydrogen-bond acceptors (Lipinski definition) is 3. The van der Waals surface area contributed by atoms with Crippen LogP contribution in [0.1, 0.15) is 36.7 Å². The lowest BCUT2D eigenvalue weighted by Crippen LogP contribution is -2.38. The van der Waals surface area contributed by atoms with E-state index in [1.807, 2.05) is 6.92 Å². The molecule has 0 amide bonds. The maximum absolute atomic E-state index is 12.0. The molecule has 0 bridgehead atoms. The number of fused-ring (bicyclic) bond motifs is 1. The molecule has 1 unspecified atom stereocenters. The van der Waals surface area contributed by atoms with Gasteiger partial charge in [0.1, 0.15) is 0 Å². The van der Waals surface area contributed by atoms with Gasteiger partial charge in [-0.25, -0.2) is 4.79 Å². The van der Waals surface area contributed by atoms with Crippen LogP contribution in [0.2, 0.25) is 0 Å². The second-order valence-corrected chi connectivity index (χ2v) is 4.39. The fourth-order valence-electron chi connectivity index (χ4n) is 2.07. The minimum Gasteiger partial charge on any atom is -0.478 e. The molecular formula is C13H14N2O4. The van der Waals surface area contributed by atoms with E-state index in [1.165, 1.54) is 16.7 Å². The van der Waals surface area contributed by atoms with Crippen molar-refractivity contribution in [2.75, 3.05) is 0 Å². The number of benzene rings is 1. The van der Waals surface area contributed by atoms with Crippen LogP contribution in [0.4, 0.5) is 0 Å². The maximum atomic E-state index is 12.0. The van der Waals surface area contributed by atoms with Crippen LogP contribution < -0.4 is 11.1 Å². The van der Waals surface area contributed by atoms with Gasteiger partial charge in [-0.1, -0.05) is 13.0 Å². The first-order chi connectivity index (χ1) is 8.97. The summed E-state index contributed by atoms with van der Waals surface area (Å²) in [5.41, 5.74) is -0.851. The third-order valence-corrected chi connectivity index (χ3v) is 3.20. The summed E-state index contributed by atoms with van der Waals surface area (Å²) >= 11 is 0. The summed E-state index contributed by atoms with van der Waals surface area (Å²) in [6, 6.07) is 4.29. The van der Waals surface area contributed by atoms with Crippen LogP contribution in [-0.4, -0.2) is 20.6 Å². The number of rotatable bonds is 3. The van der Waals surface area contributed by atoms with E-state index in [0.717, 1.165) is 0 Å². The molecule has 0 aliphatic rings. The van der Waals surface area contributed by atoms with Gasteiger partial charge in [0.25, 0.3) is 0 Å². The number of aromatic amines is 1. The standard InChI is InChI=1S/C13H14N2O4/c1-3-7(2)15-10-8(13(18)19)5-4-6-9(10)14-11(16)12(15)17/h4-7H,3H2,1-2H3,(H,14,16)(H,18,19). The number of carboxylic acids is 1. The Labute approximate surface area is 108 Å². The Morgan fingerprint density at radius 3 is 2.68 bits per heavy atom. The van der Waals surface area contributed by atoms with Crippen molar-refractivity contribution in [2.24, 2.45) is 0 Å². The van der Waals surface area contributed by atoms with E-state index in [1.54, 1.807) is 13.0 Å². The minimum absolute atomic E-state index is 0.00569. The van der Waals surface area contributed by atoms with E-state index in [4.69, 9.17) is 0 Å². The summed E-state index contributed by atoms with van der Waals surface area (Å²) in [4.78, 5) is 37.3. The molecule has 0 saturated carbocycles. The Kier molecular flexibility index (Phi) is 3.25. The van der Waals surface area contributed by atoms with Crippen molar-refractivity contribution in [1.82, 2.24) is 9.55 Å². The van der Waals surface area contributed by atoms with Crippen LogP contribution >= 0.6 is 0 Å². The Bertz CT molecular complexity index is 757. The molecule has 100 valence electrons. The largest absolute Gasteiger partial charge is 0.478 e. The molecule has 0 aliphatic heterocycles. The number of carbonyl (C=O) groups is 1. The van der Waals surface area contributed by atoms with Gasteiger partial charge in [0.15, 0.2) is 0 Å². The highest BCUT2D eigenvalue weighted by Gasteiger charge is 2.18. The molecule has 2 rings (SSSR count). The van der Waals surface area contributed by atoms with E-state index < -0.39 is 17.1 Å². The van der Waals surface area contributed by atoms with Crippen LogP contribution in [0.25, 0.3) is 11.0 Å². The van der Waals surface area contributed by atoms with Crippen molar-refractivity contribution in [2.45, 2.75) is 26.3 Å². The number of H-pyrrole nitrogens is 1. The van der Waals surface area contributed by atoms with Crippen molar-refractivity contribution in [3.63, 3.8) is 0 Å².